The van der Waals surface area contributed by atoms with Gasteiger partial charge in [-0.25, -0.2) is 0 Å². The van der Waals surface area contributed by atoms with E-state index in [1.807, 2.05) is 12.1 Å². The number of carbonyl (C=O) groups is 1. The van der Waals surface area contributed by atoms with Gasteiger partial charge in [0.1, 0.15) is 0 Å². The Morgan fingerprint density at radius 3 is 2.89 bits per heavy atom. The summed E-state index contributed by atoms with van der Waals surface area (Å²) in [5.41, 5.74) is 3.24. The second-order valence-corrected chi connectivity index (χ2v) is 4.29. The fraction of sp³-hybridized carbons (Fsp3) is 0.286. The van der Waals surface area contributed by atoms with Crippen LogP contribution in [0.1, 0.15) is 12.5 Å². The van der Waals surface area contributed by atoms with E-state index in [0.717, 1.165) is 16.6 Å². The summed E-state index contributed by atoms with van der Waals surface area (Å²) in [7, 11) is 0. The highest BCUT2D eigenvalue weighted by Crippen LogP contribution is 2.22. The molecule has 2 N–H and O–H groups in total. The molecule has 0 aliphatic rings. The number of nitrogens with one attached hydrogen (secondary N) is 2. The number of carbonyl (C=O) groups excluding carboxylic acids is 1. The van der Waals surface area contributed by atoms with Gasteiger partial charge in [-0.3, -0.25) is 9.78 Å². The molecule has 18 heavy (non-hydrogen) atoms. The van der Waals surface area contributed by atoms with Crippen LogP contribution in [0.4, 0.5) is 5.69 Å². The molecule has 0 radical (unpaired) electrons. The van der Waals surface area contributed by atoms with Crippen molar-refractivity contribution in [2.75, 3.05) is 18.4 Å². The van der Waals surface area contributed by atoms with E-state index < -0.39 is 0 Å². The highest BCUT2D eigenvalue weighted by molar-refractivity contribution is 5.91. The molecule has 0 atom stereocenters. The van der Waals surface area contributed by atoms with Crippen LogP contribution in [-0.4, -0.2) is 24.0 Å². The van der Waals surface area contributed by atoms with Crippen molar-refractivity contribution in [1.82, 2.24) is 10.3 Å². The Hall–Kier alpha value is -2.10. The number of rotatable bonds is 4. The monoisotopic (exact) mass is 243 g/mol. The summed E-state index contributed by atoms with van der Waals surface area (Å²) < 4.78 is 0. The van der Waals surface area contributed by atoms with Crippen molar-refractivity contribution in [1.29, 1.82) is 0 Å². The molecule has 1 aromatic carbocycles. The summed E-state index contributed by atoms with van der Waals surface area (Å²) in [6.45, 7) is 4.90. The summed E-state index contributed by atoms with van der Waals surface area (Å²) in [6, 6.07) is 8.14. The predicted molar refractivity (Wildman–Crippen MR) is 73.7 cm³/mol. The van der Waals surface area contributed by atoms with Crippen LogP contribution in [0.15, 0.2) is 30.5 Å². The smallest absolute Gasteiger partial charge is 0.216 e. The van der Waals surface area contributed by atoms with E-state index in [-0.39, 0.29) is 5.91 Å². The topological polar surface area (TPSA) is 54.0 Å². The second kappa shape index (κ2) is 5.49. The summed E-state index contributed by atoms with van der Waals surface area (Å²) in [5, 5.41) is 7.19. The summed E-state index contributed by atoms with van der Waals surface area (Å²) >= 11 is 0. The summed E-state index contributed by atoms with van der Waals surface area (Å²) in [4.78, 5) is 15.1. The molecular formula is C14H17N3O. The van der Waals surface area contributed by atoms with Crippen LogP contribution in [0.25, 0.3) is 10.9 Å². The van der Waals surface area contributed by atoms with Crippen molar-refractivity contribution in [3.8, 4) is 0 Å². The number of fused-ring (bicyclic) bond motifs is 1. The molecule has 0 aliphatic heterocycles. The molecule has 0 saturated heterocycles. The van der Waals surface area contributed by atoms with Crippen molar-refractivity contribution in [2.45, 2.75) is 13.8 Å². The maximum Gasteiger partial charge on any atom is 0.216 e. The molecule has 1 heterocycles. The van der Waals surface area contributed by atoms with Crippen molar-refractivity contribution < 1.29 is 4.79 Å². The van der Waals surface area contributed by atoms with E-state index in [0.29, 0.717) is 13.1 Å². The zero-order chi connectivity index (χ0) is 13.0. The quantitative estimate of drug-likeness (QED) is 0.808. The summed E-state index contributed by atoms with van der Waals surface area (Å²) in [6.07, 6.45) is 1.79. The van der Waals surface area contributed by atoms with Crippen molar-refractivity contribution in [3.05, 3.63) is 36.0 Å². The lowest BCUT2D eigenvalue weighted by Crippen LogP contribution is -2.26. The molecule has 0 aliphatic carbocycles. The van der Waals surface area contributed by atoms with Crippen molar-refractivity contribution in [2.24, 2.45) is 0 Å². The zero-order valence-electron chi connectivity index (χ0n) is 10.7. The van der Waals surface area contributed by atoms with Gasteiger partial charge in [-0.15, -0.1) is 0 Å². The number of amides is 1. The molecule has 0 spiro atoms. The Bertz CT molecular complexity index is 566. The molecule has 94 valence electrons. The Morgan fingerprint density at radius 2 is 2.11 bits per heavy atom. The predicted octanol–water partition coefficient (Wildman–Crippen LogP) is 2.09. The lowest BCUT2D eigenvalue weighted by Gasteiger charge is -2.10. The molecular weight excluding hydrogens is 226 g/mol. The highest BCUT2D eigenvalue weighted by atomic mass is 16.1. The van der Waals surface area contributed by atoms with Crippen LogP contribution < -0.4 is 10.6 Å². The number of aromatic nitrogens is 1. The minimum atomic E-state index is -0.00719. The van der Waals surface area contributed by atoms with Gasteiger partial charge in [0.2, 0.25) is 5.91 Å². The standard InChI is InChI=1S/C14H17N3O/c1-10-3-4-13-12(9-10)14(5-6-16-13)17-8-7-15-11(2)18/h3-6,9H,7-8H2,1-2H3,(H,15,18)(H,16,17). The van der Waals surface area contributed by atoms with Gasteiger partial charge in [-0.2, -0.15) is 0 Å². The first-order chi connectivity index (χ1) is 8.66. The largest absolute Gasteiger partial charge is 0.383 e. The fourth-order valence-electron chi connectivity index (χ4n) is 1.85. The van der Waals surface area contributed by atoms with Gasteiger partial charge in [-0.1, -0.05) is 11.6 Å². The zero-order valence-corrected chi connectivity index (χ0v) is 10.7. The second-order valence-electron chi connectivity index (χ2n) is 4.29. The fourth-order valence-corrected chi connectivity index (χ4v) is 1.85. The third-order valence-corrected chi connectivity index (χ3v) is 2.71. The molecule has 2 rings (SSSR count). The van der Waals surface area contributed by atoms with Gasteiger partial charge in [0.15, 0.2) is 0 Å². The van der Waals surface area contributed by atoms with Gasteiger partial charge in [-0.05, 0) is 25.1 Å². The normalized spacial score (nSPS) is 10.3. The molecule has 4 heteroatoms. The van der Waals surface area contributed by atoms with E-state index in [2.05, 4.69) is 34.7 Å². The van der Waals surface area contributed by atoms with Gasteiger partial charge >= 0.3 is 0 Å². The number of pyridine rings is 1. The molecule has 0 saturated carbocycles. The number of nitrogens with zero attached hydrogens (tertiary/aromatic N) is 1. The Kier molecular flexibility index (Phi) is 3.77. The van der Waals surface area contributed by atoms with E-state index in [4.69, 9.17) is 0 Å². The number of hydrogen-bond donors (Lipinski definition) is 2. The van der Waals surface area contributed by atoms with Gasteiger partial charge in [0, 0.05) is 37.3 Å². The average Bonchev–Trinajstić information content (AvgIpc) is 2.34. The Morgan fingerprint density at radius 1 is 1.28 bits per heavy atom. The van der Waals surface area contributed by atoms with Crippen molar-refractivity contribution in [3.63, 3.8) is 0 Å². The maximum atomic E-state index is 10.8. The molecule has 4 nitrogen and oxygen atoms in total. The van der Waals surface area contributed by atoms with Gasteiger partial charge in [0.05, 0.1) is 5.52 Å². The first kappa shape index (κ1) is 12.4. The first-order valence-corrected chi connectivity index (χ1v) is 6.00. The number of aryl methyl sites for hydroxylation is 1. The summed E-state index contributed by atoms with van der Waals surface area (Å²) in [5.74, 6) is -0.00719. The van der Waals surface area contributed by atoms with Crippen molar-refractivity contribution >= 4 is 22.5 Å². The molecule has 0 fully saturated rings. The Labute approximate surface area is 106 Å². The van der Waals surface area contributed by atoms with Crippen LogP contribution in [0, 0.1) is 6.92 Å². The van der Waals surface area contributed by atoms with Crippen LogP contribution in [0.3, 0.4) is 0 Å². The van der Waals surface area contributed by atoms with Gasteiger partial charge in [0.25, 0.3) is 0 Å². The Balaban J connectivity index is 2.12. The van der Waals surface area contributed by atoms with Crippen LogP contribution in [-0.2, 0) is 4.79 Å². The number of hydrogen-bond acceptors (Lipinski definition) is 3. The third-order valence-electron chi connectivity index (χ3n) is 2.71. The van der Waals surface area contributed by atoms with Gasteiger partial charge < -0.3 is 10.6 Å². The minimum absolute atomic E-state index is 0.00719. The lowest BCUT2D eigenvalue weighted by atomic mass is 10.1. The average molecular weight is 243 g/mol. The van der Waals surface area contributed by atoms with E-state index in [1.165, 1.54) is 12.5 Å². The van der Waals surface area contributed by atoms with Crippen LogP contribution in [0.2, 0.25) is 0 Å². The van der Waals surface area contributed by atoms with Crippen LogP contribution >= 0.6 is 0 Å². The molecule has 1 aromatic heterocycles. The molecule has 0 bridgehead atoms. The molecule has 2 aromatic rings. The number of benzene rings is 1. The molecule has 0 unspecified atom stereocenters. The minimum Gasteiger partial charge on any atom is -0.383 e. The SMILES string of the molecule is CC(=O)NCCNc1ccnc2ccc(C)cc12. The first-order valence-electron chi connectivity index (χ1n) is 6.00. The molecule has 1 amide bonds. The highest BCUT2D eigenvalue weighted by Gasteiger charge is 2.01. The van der Waals surface area contributed by atoms with E-state index >= 15 is 0 Å². The van der Waals surface area contributed by atoms with E-state index in [1.54, 1.807) is 6.20 Å². The van der Waals surface area contributed by atoms with E-state index in [9.17, 15) is 4.79 Å². The number of anilines is 1. The van der Waals surface area contributed by atoms with Crippen LogP contribution in [0.5, 0.6) is 0 Å². The lowest BCUT2D eigenvalue weighted by molar-refractivity contribution is -0.118. The third kappa shape index (κ3) is 2.97. The maximum absolute atomic E-state index is 10.8.